The summed E-state index contributed by atoms with van der Waals surface area (Å²) in [5.74, 6) is 0.620. The molecular formula is C77H76Cl2F2N14O12S2. The Balaban J connectivity index is 0.000000192. The van der Waals surface area contributed by atoms with Crippen LogP contribution in [0.1, 0.15) is 60.9 Å². The third kappa shape index (κ3) is 17.1. The first-order valence-corrected chi connectivity index (χ1v) is 37.5. The molecule has 0 bridgehead atoms. The Labute approximate surface area is 644 Å². The summed E-state index contributed by atoms with van der Waals surface area (Å²) in [5.41, 5.74) is 5.01. The number of urea groups is 2. The summed E-state index contributed by atoms with van der Waals surface area (Å²) in [6.07, 6.45) is 3.33. The Hall–Kier alpha value is -10.7. The molecule has 6 amide bonds. The van der Waals surface area contributed by atoms with Gasteiger partial charge >= 0.3 is 24.0 Å². The van der Waals surface area contributed by atoms with Crippen molar-refractivity contribution in [1.82, 2.24) is 50.0 Å². The van der Waals surface area contributed by atoms with Crippen molar-refractivity contribution < 1.29 is 66.7 Å². The predicted octanol–water partition coefficient (Wildman–Crippen LogP) is 10.3. The molecule has 0 unspecified atom stereocenters. The topological polar surface area (TPSA) is 280 Å². The van der Waals surface area contributed by atoms with Gasteiger partial charge < -0.3 is 59.4 Å². The maximum Gasteiger partial charge on any atom is 0.338 e. The lowest BCUT2D eigenvalue weighted by Gasteiger charge is -2.38. The lowest BCUT2D eigenvalue weighted by Crippen LogP contribution is -2.53. The minimum Gasteiger partial charge on any atom is -0.466 e. The number of fused-ring (bicyclic) bond motifs is 2. The zero-order valence-corrected chi connectivity index (χ0v) is 62.7. The molecule has 4 saturated heterocycles. The Morgan fingerprint density at radius 1 is 0.560 bits per heavy atom. The van der Waals surface area contributed by atoms with E-state index in [2.05, 4.69) is 30.4 Å². The number of carbonyl (C=O) groups excluding carboxylic acids is 6. The standard InChI is InChI=1S/C39H39ClFN7O6S.C38H37ClFN7O6S/c1-3-46(17-18-49)37(50)24-4-9-28(10-5-24)54-29-11-7-26(8-12-29)48-22-27-21-45(15-16-47(27)39(48)52)23-32-33(38(51)53-2)34(30-13-6-25(41)20-31(30)40)44-35(43-32)36-42-14-19-55-36;1-44(16-17-48)36(49)23-3-8-27(9-4-23)53-28-10-6-25(7-11-28)47-21-26-20-45(14-15-46(26)38(47)51)22-31-32(37(50)52-2)33(29-12-5-24(40)19-30(29)39)43-34(42-31)35-41-13-18-54-35/h4-14,19-20,27,34,49H,3,15-18,21-23H2,1-2H3,(H,43,44);3-13,18-19,26,33,48H,14-17,20-22H2,1-2H3,(H,42,43)/t27-,34-;26-,33-/m00/s1. The van der Waals surface area contributed by atoms with Crippen molar-refractivity contribution in [2.45, 2.75) is 31.1 Å². The van der Waals surface area contributed by atoms with E-state index < -0.39 is 35.7 Å². The number of methoxy groups -OCH3 is 2. The highest BCUT2D eigenvalue weighted by molar-refractivity contribution is 7.12. The van der Waals surface area contributed by atoms with Crippen LogP contribution in [0.15, 0.2) is 189 Å². The molecule has 0 radical (unpaired) electrons. The van der Waals surface area contributed by atoms with Crippen LogP contribution in [0.4, 0.5) is 29.7 Å². The zero-order valence-electron chi connectivity index (χ0n) is 59.6. The van der Waals surface area contributed by atoms with Gasteiger partial charge in [0.05, 0.1) is 50.7 Å². The van der Waals surface area contributed by atoms with E-state index in [1.165, 1.54) is 78.2 Å². The molecule has 6 aliphatic rings. The maximum atomic E-state index is 14.1. The predicted molar refractivity (Wildman–Crippen MR) is 408 cm³/mol. The minimum absolute atomic E-state index is 0.0876. The fourth-order valence-corrected chi connectivity index (χ4v) is 15.5. The Bertz CT molecular complexity index is 4810. The molecule has 4 atom stereocenters. The van der Waals surface area contributed by atoms with Crippen molar-refractivity contribution in [3.8, 4) is 23.0 Å². The van der Waals surface area contributed by atoms with Gasteiger partial charge in [0.25, 0.3) is 11.8 Å². The zero-order chi connectivity index (χ0) is 76.6. The highest BCUT2D eigenvalue weighted by Gasteiger charge is 2.45. The van der Waals surface area contributed by atoms with E-state index in [0.29, 0.717) is 150 Å². The summed E-state index contributed by atoms with van der Waals surface area (Å²) in [5, 5.41) is 30.2. The average Bonchev–Trinajstić information content (AvgIpc) is 1.68. The van der Waals surface area contributed by atoms with Crippen molar-refractivity contribution >= 4 is 105 Å². The average molecular weight is 1560 g/mol. The number of thiazole rings is 2. The quantitative estimate of drug-likeness (QED) is 0.0433. The third-order valence-corrected chi connectivity index (χ3v) is 21.5. The molecule has 109 heavy (non-hydrogen) atoms. The van der Waals surface area contributed by atoms with Crippen molar-refractivity contribution in [3.63, 3.8) is 0 Å². The molecule has 32 heteroatoms. The van der Waals surface area contributed by atoms with Crippen LogP contribution in [0.25, 0.3) is 0 Å². The number of amides is 6. The first-order chi connectivity index (χ1) is 52.8. The molecule has 4 N–H and O–H groups in total. The van der Waals surface area contributed by atoms with Crippen molar-refractivity contribution in [2.75, 3.05) is 129 Å². The fraction of sp³-hybridized carbons (Fsp3) is 0.299. The van der Waals surface area contributed by atoms with E-state index in [1.807, 2.05) is 51.7 Å². The summed E-state index contributed by atoms with van der Waals surface area (Å²) in [7, 11) is 4.23. The normalized spacial score (nSPS) is 18.6. The SMILES string of the molecule is CCN(CCO)C(=O)c1ccc(Oc2ccc(N3C[C@@H]4CN(CC5=C(C(=O)OC)[C@H](c6ccc(F)cc6Cl)N=C(c6nccs6)N5)CCN4C3=O)cc2)cc1.COC(=O)C1=C(CN2CCN3C(=O)N(c4ccc(Oc5ccc(C(=O)N(C)CCO)cc5)cc4)C[C@@H]3C2)NC(c2nccs2)=N[C@H]1c1ccc(F)cc1Cl. The summed E-state index contributed by atoms with van der Waals surface area (Å²) >= 11 is 15.8. The molecule has 566 valence electrons. The lowest BCUT2D eigenvalue weighted by atomic mass is 9.95. The number of hydrogen-bond donors (Lipinski definition) is 4. The van der Waals surface area contributed by atoms with Gasteiger partial charge in [-0.3, -0.25) is 39.2 Å². The molecule has 8 aromatic rings. The largest absolute Gasteiger partial charge is 0.466 e. The number of nitrogens with one attached hydrogen (secondary N) is 2. The van der Waals surface area contributed by atoms with Gasteiger partial charge in [0.1, 0.15) is 46.7 Å². The second kappa shape index (κ2) is 34.3. The first kappa shape index (κ1) is 76.5. The number of likely N-dealkylation sites (N-methyl/N-ethyl adjacent to an activating group) is 2. The van der Waals surface area contributed by atoms with Gasteiger partial charge in [-0.25, -0.2) is 37.9 Å². The number of benzene rings is 6. The summed E-state index contributed by atoms with van der Waals surface area (Å²) in [6, 6.07) is 34.0. The molecule has 6 aromatic carbocycles. The number of aromatic nitrogens is 2. The molecule has 0 saturated carbocycles. The summed E-state index contributed by atoms with van der Waals surface area (Å²) in [4.78, 5) is 112. The molecule has 14 rings (SSSR count). The van der Waals surface area contributed by atoms with Crippen molar-refractivity contribution in [3.05, 3.63) is 233 Å². The molecule has 0 spiro atoms. The number of anilines is 2. The van der Waals surface area contributed by atoms with Crippen LogP contribution in [0.5, 0.6) is 23.0 Å². The van der Waals surface area contributed by atoms with Crippen LogP contribution >= 0.6 is 45.9 Å². The lowest BCUT2D eigenvalue weighted by molar-refractivity contribution is -0.137. The Morgan fingerprint density at radius 3 is 1.33 bits per heavy atom. The summed E-state index contributed by atoms with van der Waals surface area (Å²) in [6.45, 7) is 7.39. The highest BCUT2D eigenvalue weighted by Crippen LogP contribution is 2.41. The number of rotatable bonds is 23. The van der Waals surface area contributed by atoms with E-state index in [-0.39, 0.29) is 83.5 Å². The third-order valence-electron chi connectivity index (χ3n) is 19.3. The van der Waals surface area contributed by atoms with E-state index in [4.69, 9.17) is 57.2 Å². The number of ether oxygens (including phenoxy) is 4. The van der Waals surface area contributed by atoms with Gasteiger partial charge in [0.15, 0.2) is 21.7 Å². The van der Waals surface area contributed by atoms with E-state index >= 15 is 0 Å². The van der Waals surface area contributed by atoms with Gasteiger partial charge in [0, 0.05) is 170 Å². The van der Waals surface area contributed by atoms with Crippen LogP contribution < -0.4 is 29.9 Å². The van der Waals surface area contributed by atoms with Gasteiger partial charge in [-0.1, -0.05) is 35.3 Å². The van der Waals surface area contributed by atoms with Gasteiger partial charge in [-0.15, -0.1) is 22.7 Å². The number of aliphatic imine (C=N–C) groups is 2. The summed E-state index contributed by atoms with van der Waals surface area (Å²) < 4.78 is 50.6. The number of carbonyl (C=O) groups is 6. The number of amidine groups is 2. The second-order valence-corrected chi connectivity index (χ2v) is 28.6. The molecule has 6 aliphatic heterocycles. The minimum atomic E-state index is -0.870. The van der Waals surface area contributed by atoms with Crippen molar-refractivity contribution in [2.24, 2.45) is 9.98 Å². The van der Waals surface area contributed by atoms with Gasteiger partial charge in [-0.05, 0) is 128 Å². The molecule has 2 aromatic heterocycles. The van der Waals surface area contributed by atoms with E-state index in [1.54, 1.807) is 107 Å². The number of aliphatic hydroxyl groups excluding tert-OH is 2. The fourth-order valence-electron chi connectivity index (χ4n) is 13.8. The van der Waals surface area contributed by atoms with Crippen LogP contribution in [0.3, 0.4) is 0 Å². The van der Waals surface area contributed by atoms with Gasteiger partial charge in [-0.2, -0.15) is 0 Å². The van der Waals surface area contributed by atoms with Crippen LogP contribution in [0.2, 0.25) is 10.0 Å². The number of aliphatic hydroxyl groups is 2. The van der Waals surface area contributed by atoms with Crippen LogP contribution in [-0.4, -0.2) is 229 Å². The van der Waals surface area contributed by atoms with E-state index in [0.717, 1.165) is 11.4 Å². The Morgan fingerprint density at radius 2 is 0.963 bits per heavy atom. The molecule has 0 aliphatic carbocycles. The number of esters is 2. The second-order valence-electron chi connectivity index (χ2n) is 26.0. The highest BCUT2D eigenvalue weighted by atomic mass is 35.5. The smallest absolute Gasteiger partial charge is 0.338 e. The number of piperazine rings is 2. The van der Waals surface area contributed by atoms with Crippen LogP contribution in [0, 0.1) is 11.6 Å². The molecule has 4 fully saturated rings. The Kier molecular flexibility index (Phi) is 24.0. The van der Waals surface area contributed by atoms with Gasteiger partial charge in [0.2, 0.25) is 0 Å². The van der Waals surface area contributed by atoms with Crippen molar-refractivity contribution in [1.29, 1.82) is 0 Å². The molecule has 8 heterocycles. The van der Waals surface area contributed by atoms with E-state index in [9.17, 15) is 42.7 Å². The van der Waals surface area contributed by atoms with Crippen LogP contribution in [-0.2, 0) is 19.1 Å². The monoisotopic (exact) mass is 1560 g/mol. The number of hydrogen-bond acceptors (Lipinski definition) is 22. The first-order valence-electron chi connectivity index (χ1n) is 35.0. The maximum absolute atomic E-state index is 14.1. The molecular weight excluding hydrogens is 1490 g/mol. The number of halogens is 4. The number of nitrogens with zero attached hydrogens (tertiary/aromatic N) is 12. The molecule has 26 nitrogen and oxygen atoms in total.